The molecule has 150 valence electrons. The molecule has 0 atom stereocenters. The molecule has 0 spiro atoms. The van der Waals surface area contributed by atoms with Crippen molar-refractivity contribution < 1.29 is 8.42 Å². The molecule has 1 fully saturated rings. The van der Waals surface area contributed by atoms with E-state index in [1.807, 2.05) is 18.2 Å². The van der Waals surface area contributed by atoms with Gasteiger partial charge in [-0.2, -0.15) is 0 Å². The van der Waals surface area contributed by atoms with Gasteiger partial charge in [-0.1, -0.05) is 32.0 Å². The second-order valence-corrected chi connectivity index (χ2v) is 10.4. The number of piperidine rings is 1. The van der Waals surface area contributed by atoms with Crippen molar-refractivity contribution in [1.82, 2.24) is 4.90 Å². The quantitative estimate of drug-likeness (QED) is 0.763. The molecule has 2 heterocycles. The Morgan fingerprint density at radius 3 is 2.36 bits per heavy atom. The summed E-state index contributed by atoms with van der Waals surface area (Å²) in [6, 6.07) is 15.0. The average molecular weight is 399 g/mol. The number of anilines is 1. The van der Waals surface area contributed by atoms with Crippen molar-refractivity contribution >= 4 is 15.5 Å². The van der Waals surface area contributed by atoms with Crippen LogP contribution in [0.5, 0.6) is 0 Å². The zero-order valence-electron chi connectivity index (χ0n) is 16.8. The molecule has 28 heavy (non-hydrogen) atoms. The number of fused-ring (bicyclic) bond motifs is 1. The Hall–Kier alpha value is -1.85. The Morgan fingerprint density at radius 1 is 0.964 bits per heavy atom. The molecule has 0 radical (unpaired) electrons. The Morgan fingerprint density at radius 2 is 1.68 bits per heavy atom. The third kappa shape index (κ3) is 3.83. The van der Waals surface area contributed by atoms with Gasteiger partial charge in [0, 0.05) is 37.9 Å². The van der Waals surface area contributed by atoms with Crippen LogP contribution in [0.2, 0.25) is 0 Å². The van der Waals surface area contributed by atoms with Gasteiger partial charge in [-0.15, -0.1) is 0 Å². The lowest BCUT2D eigenvalue weighted by Crippen LogP contribution is -2.45. The maximum atomic E-state index is 12.9. The van der Waals surface area contributed by atoms with E-state index in [1.165, 1.54) is 30.6 Å². The minimum atomic E-state index is -3.45. The molecule has 2 aromatic carbocycles. The summed E-state index contributed by atoms with van der Waals surface area (Å²) in [5.41, 5.74) is 2.40. The lowest BCUT2D eigenvalue weighted by atomic mass is 10.0. The van der Waals surface area contributed by atoms with Crippen molar-refractivity contribution in [3.05, 3.63) is 54.1 Å². The normalized spacial score (nSPS) is 18.6. The first-order valence-electron chi connectivity index (χ1n) is 10.4. The van der Waals surface area contributed by atoms with E-state index in [0.29, 0.717) is 21.8 Å². The molecule has 4 rings (SSSR count). The fourth-order valence-electron chi connectivity index (χ4n) is 4.62. The van der Waals surface area contributed by atoms with Crippen molar-refractivity contribution in [2.24, 2.45) is 5.92 Å². The SMILES string of the molecule is CC(C)CN1CCC(N2CCc3cc(S(=O)(=O)c4ccccc4)ccc32)CC1. The highest BCUT2D eigenvalue weighted by Crippen LogP contribution is 2.35. The van der Waals surface area contributed by atoms with E-state index < -0.39 is 9.84 Å². The fraction of sp³-hybridized carbons (Fsp3) is 0.478. The lowest BCUT2D eigenvalue weighted by Gasteiger charge is -2.38. The van der Waals surface area contributed by atoms with Gasteiger partial charge in [0.05, 0.1) is 9.79 Å². The van der Waals surface area contributed by atoms with Gasteiger partial charge in [-0.05, 0) is 61.1 Å². The number of likely N-dealkylation sites (tertiary alicyclic amines) is 1. The van der Waals surface area contributed by atoms with Crippen molar-refractivity contribution in [3.63, 3.8) is 0 Å². The van der Waals surface area contributed by atoms with Crippen LogP contribution in [-0.2, 0) is 16.3 Å². The summed E-state index contributed by atoms with van der Waals surface area (Å²) < 4.78 is 25.8. The van der Waals surface area contributed by atoms with Gasteiger partial charge in [0.15, 0.2) is 0 Å². The first-order chi connectivity index (χ1) is 13.4. The first-order valence-corrected chi connectivity index (χ1v) is 11.9. The zero-order valence-corrected chi connectivity index (χ0v) is 17.7. The first kappa shape index (κ1) is 19.5. The summed E-state index contributed by atoms with van der Waals surface area (Å²) in [7, 11) is -3.45. The van der Waals surface area contributed by atoms with Crippen LogP contribution in [0.1, 0.15) is 32.3 Å². The van der Waals surface area contributed by atoms with E-state index in [-0.39, 0.29) is 0 Å². The summed E-state index contributed by atoms with van der Waals surface area (Å²) in [5.74, 6) is 0.717. The number of rotatable bonds is 5. The molecule has 0 saturated carbocycles. The third-order valence-corrected chi connectivity index (χ3v) is 7.73. The predicted molar refractivity (Wildman–Crippen MR) is 114 cm³/mol. The summed E-state index contributed by atoms with van der Waals surface area (Å²) in [6.45, 7) is 9.07. The summed E-state index contributed by atoms with van der Waals surface area (Å²) in [4.78, 5) is 5.86. The second-order valence-electron chi connectivity index (χ2n) is 8.48. The Labute approximate surface area is 169 Å². The molecule has 2 aliphatic heterocycles. The topological polar surface area (TPSA) is 40.6 Å². The minimum Gasteiger partial charge on any atom is -0.368 e. The van der Waals surface area contributed by atoms with Gasteiger partial charge in [0.1, 0.15) is 0 Å². The van der Waals surface area contributed by atoms with Crippen molar-refractivity contribution in [2.45, 2.75) is 48.9 Å². The molecule has 0 amide bonds. The Balaban J connectivity index is 1.50. The Bertz CT molecular complexity index is 917. The van der Waals surface area contributed by atoms with Crippen LogP contribution in [0.15, 0.2) is 58.3 Å². The summed E-state index contributed by atoms with van der Waals surface area (Å²) in [6.07, 6.45) is 3.31. The number of sulfone groups is 1. The standard InChI is InChI=1S/C23H30N2O2S/c1-18(2)17-24-13-11-20(12-14-24)25-15-10-19-16-22(8-9-23(19)25)28(26,27)21-6-4-3-5-7-21/h3-9,16,18,20H,10-15,17H2,1-2H3. The molecule has 0 bridgehead atoms. The van der Waals surface area contributed by atoms with Crippen LogP contribution in [0.3, 0.4) is 0 Å². The number of nitrogens with zero attached hydrogens (tertiary/aromatic N) is 2. The molecule has 0 aromatic heterocycles. The minimum absolute atomic E-state index is 0.363. The number of hydrogen-bond acceptors (Lipinski definition) is 4. The molecular formula is C23H30N2O2S. The predicted octanol–water partition coefficient (Wildman–Crippen LogP) is 4.00. The molecule has 0 unspecified atom stereocenters. The smallest absolute Gasteiger partial charge is 0.206 e. The molecule has 0 N–H and O–H groups in total. The van der Waals surface area contributed by atoms with E-state index in [9.17, 15) is 8.42 Å². The molecule has 0 aliphatic carbocycles. The highest BCUT2D eigenvalue weighted by atomic mass is 32.2. The number of benzene rings is 2. The maximum absolute atomic E-state index is 12.9. The molecular weight excluding hydrogens is 368 g/mol. The highest BCUT2D eigenvalue weighted by molar-refractivity contribution is 7.91. The van der Waals surface area contributed by atoms with Gasteiger partial charge in [-0.25, -0.2) is 8.42 Å². The maximum Gasteiger partial charge on any atom is 0.206 e. The van der Waals surface area contributed by atoms with Crippen LogP contribution < -0.4 is 4.90 Å². The van der Waals surface area contributed by atoms with E-state index in [2.05, 4.69) is 23.6 Å². The average Bonchev–Trinajstić information content (AvgIpc) is 3.12. The largest absolute Gasteiger partial charge is 0.368 e. The van der Waals surface area contributed by atoms with E-state index in [1.54, 1.807) is 30.3 Å². The fourth-order valence-corrected chi connectivity index (χ4v) is 5.95. The van der Waals surface area contributed by atoms with Gasteiger partial charge in [0.2, 0.25) is 9.84 Å². The van der Waals surface area contributed by atoms with Crippen molar-refractivity contribution in [2.75, 3.05) is 31.1 Å². The van der Waals surface area contributed by atoms with E-state index in [4.69, 9.17) is 0 Å². The Kier molecular flexibility index (Phi) is 5.48. The van der Waals surface area contributed by atoms with Gasteiger partial charge < -0.3 is 9.80 Å². The van der Waals surface area contributed by atoms with Gasteiger partial charge in [-0.3, -0.25) is 0 Å². The van der Waals surface area contributed by atoms with Crippen LogP contribution >= 0.6 is 0 Å². The number of hydrogen-bond donors (Lipinski definition) is 0. The highest BCUT2D eigenvalue weighted by Gasteiger charge is 2.30. The molecule has 1 saturated heterocycles. The van der Waals surface area contributed by atoms with Gasteiger partial charge in [0.25, 0.3) is 0 Å². The van der Waals surface area contributed by atoms with Crippen LogP contribution in [-0.4, -0.2) is 45.5 Å². The monoisotopic (exact) mass is 398 g/mol. The van der Waals surface area contributed by atoms with Crippen molar-refractivity contribution in [1.29, 1.82) is 0 Å². The van der Waals surface area contributed by atoms with E-state index >= 15 is 0 Å². The molecule has 2 aliphatic rings. The van der Waals surface area contributed by atoms with Crippen LogP contribution in [0.25, 0.3) is 0 Å². The molecule has 2 aromatic rings. The lowest BCUT2D eigenvalue weighted by molar-refractivity contribution is 0.190. The van der Waals surface area contributed by atoms with E-state index in [0.717, 1.165) is 26.1 Å². The zero-order chi connectivity index (χ0) is 19.7. The summed E-state index contributed by atoms with van der Waals surface area (Å²) in [5, 5.41) is 0. The van der Waals surface area contributed by atoms with Crippen LogP contribution in [0.4, 0.5) is 5.69 Å². The summed E-state index contributed by atoms with van der Waals surface area (Å²) >= 11 is 0. The molecule has 5 heteroatoms. The second kappa shape index (κ2) is 7.88. The van der Waals surface area contributed by atoms with Crippen molar-refractivity contribution in [3.8, 4) is 0 Å². The van der Waals surface area contributed by atoms with Gasteiger partial charge >= 0.3 is 0 Å². The van der Waals surface area contributed by atoms with Crippen LogP contribution in [0, 0.1) is 5.92 Å². The third-order valence-electron chi connectivity index (χ3n) is 5.97. The molecule has 4 nitrogen and oxygen atoms in total.